The van der Waals surface area contributed by atoms with Gasteiger partial charge in [-0.25, -0.2) is 9.59 Å². The number of aromatic amines is 1. The predicted molar refractivity (Wildman–Crippen MR) is 53.0 cm³/mol. The Kier molecular flexibility index (Phi) is 3.68. The molecule has 0 fully saturated rings. The van der Waals surface area contributed by atoms with Crippen LogP contribution in [0.25, 0.3) is 0 Å². The summed E-state index contributed by atoms with van der Waals surface area (Å²) in [6.07, 6.45) is 0.482. The lowest BCUT2D eigenvalue weighted by Gasteiger charge is -2.03. The third-order valence-corrected chi connectivity index (χ3v) is 2.16. The quantitative estimate of drug-likeness (QED) is 0.698. The summed E-state index contributed by atoms with van der Waals surface area (Å²) in [6.45, 7) is 0.440. The van der Waals surface area contributed by atoms with Crippen molar-refractivity contribution in [1.29, 1.82) is 0 Å². The van der Waals surface area contributed by atoms with Gasteiger partial charge < -0.3 is 9.47 Å². The number of esters is 1. The van der Waals surface area contributed by atoms with Gasteiger partial charge in [-0.3, -0.25) is 9.55 Å². The van der Waals surface area contributed by atoms with Crippen LogP contribution in [0.5, 0.6) is 0 Å². The molecule has 0 spiro atoms. The van der Waals surface area contributed by atoms with Crippen molar-refractivity contribution in [2.24, 2.45) is 7.05 Å². The molecule has 0 aliphatic carbocycles. The average molecular weight is 214 g/mol. The number of nitrogens with one attached hydrogen (secondary N) is 1. The van der Waals surface area contributed by atoms with Crippen LogP contribution < -0.4 is 5.69 Å². The van der Waals surface area contributed by atoms with E-state index < -0.39 is 5.97 Å². The van der Waals surface area contributed by atoms with Crippen molar-refractivity contribution < 1.29 is 14.3 Å². The van der Waals surface area contributed by atoms with Crippen LogP contribution in [0.15, 0.2) is 4.79 Å². The number of nitrogens with zero attached hydrogens (tertiary/aromatic N) is 1. The summed E-state index contributed by atoms with van der Waals surface area (Å²) in [5, 5.41) is 0. The van der Waals surface area contributed by atoms with Crippen LogP contribution in [0.3, 0.4) is 0 Å². The number of imidazole rings is 1. The van der Waals surface area contributed by atoms with E-state index in [2.05, 4.69) is 9.72 Å². The molecule has 1 N–H and O–H groups in total. The van der Waals surface area contributed by atoms with Crippen LogP contribution in [0.4, 0.5) is 0 Å². The predicted octanol–water partition coefficient (Wildman–Crippen LogP) is -0.311. The molecule has 1 rings (SSSR count). The highest BCUT2D eigenvalue weighted by Gasteiger charge is 2.17. The van der Waals surface area contributed by atoms with Crippen molar-refractivity contribution in [2.75, 3.05) is 20.8 Å². The standard InChI is InChI=1S/C9H14N2O4/c1-11-6(4-5-14-2)7(8(12)15-3)10-9(11)13/h4-5H2,1-3H3,(H,10,13). The number of methoxy groups -OCH3 is 2. The Balaban J connectivity index is 3.09. The van der Waals surface area contributed by atoms with E-state index in [1.807, 2.05) is 0 Å². The molecule has 15 heavy (non-hydrogen) atoms. The summed E-state index contributed by atoms with van der Waals surface area (Å²) in [4.78, 5) is 25.1. The third kappa shape index (κ3) is 2.27. The summed E-state index contributed by atoms with van der Waals surface area (Å²) < 4.78 is 10.8. The lowest BCUT2D eigenvalue weighted by molar-refractivity contribution is 0.0592. The number of aromatic nitrogens is 2. The number of carbonyl (C=O) groups excluding carboxylic acids is 1. The first kappa shape index (κ1) is 11.5. The molecule has 6 heteroatoms. The molecule has 0 bridgehead atoms. The molecule has 0 aliphatic rings. The first-order valence-electron chi connectivity index (χ1n) is 4.47. The van der Waals surface area contributed by atoms with E-state index in [1.165, 1.54) is 11.7 Å². The van der Waals surface area contributed by atoms with Crippen molar-refractivity contribution in [3.8, 4) is 0 Å². The van der Waals surface area contributed by atoms with E-state index in [4.69, 9.17) is 4.74 Å². The van der Waals surface area contributed by atoms with Crippen molar-refractivity contribution in [1.82, 2.24) is 9.55 Å². The minimum Gasteiger partial charge on any atom is -0.464 e. The van der Waals surface area contributed by atoms with Gasteiger partial charge in [-0.05, 0) is 0 Å². The molecule has 0 saturated carbocycles. The van der Waals surface area contributed by atoms with Gasteiger partial charge >= 0.3 is 11.7 Å². The zero-order valence-electron chi connectivity index (χ0n) is 8.99. The van der Waals surface area contributed by atoms with E-state index in [1.54, 1.807) is 14.2 Å². The first-order chi connectivity index (χ1) is 7.11. The Morgan fingerprint density at radius 1 is 1.47 bits per heavy atom. The maximum Gasteiger partial charge on any atom is 0.356 e. The lowest BCUT2D eigenvalue weighted by Crippen LogP contribution is -2.15. The number of carbonyl (C=O) groups is 1. The topological polar surface area (TPSA) is 73.3 Å². The van der Waals surface area contributed by atoms with E-state index >= 15 is 0 Å². The average Bonchev–Trinajstić information content (AvgIpc) is 2.52. The molecule has 1 heterocycles. The van der Waals surface area contributed by atoms with Gasteiger partial charge in [0.05, 0.1) is 19.4 Å². The zero-order chi connectivity index (χ0) is 11.4. The van der Waals surface area contributed by atoms with Crippen LogP contribution in [0.1, 0.15) is 16.2 Å². The van der Waals surface area contributed by atoms with Crippen LogP contribution in [0, 0.1) is 0 Å². The molecule has 0 amide bonds. The molecule has 6 nitrogen and oxygen atoms in total. The molecule has 0 aliphatic heterocycles. The summed E-state index contributed by atoms with van der Waals surface area (Å²) in [6, 6.07) is 0. The molecule has 84 valence electrons. The monoisotopic (exact) mass is 214 g/mol. The Bertz CT molecular complexity index is 405. The summed E-state index contributed by atoms with van der Waals surface area (Å²) in [5.41, 5.74) is 0.456. The number of hydrogen-bond acceptors (Lipinski definition) is 4. The van der Waals surface area contributed by atoms with Gasteiger partial charge in [0.2, 0.25) is 0 Å². The van der Waals surface area contributed by atoms with Gasteiger partial charge in [-0.2, -0.15) is 0 Å². The Hall–Kier alpha value is -1.56. The maximum absolute atomic E-state index is 11.3. The van der Waals surface area contributed by atoms with Crippen LogP contribution in [-0.4, -0.2) is 36.3 Å². The molecule has 0 radical (unpaired) electrons. The van der Waals surface area contributed by atoms with Crippen molar-refractivity contribution in [3.63, 3.8) is 0 Å². The lowest BCUT2D eigenvalue weighted by atomic mass is 10.2. The SMILES string of the molecule is COCCc1c(C(=O)OC)[nH]c(=O)n1C. The van der Waals surface area contributed by atoms with Gasteiger partial charge in [0.1, 0.15) is 5.69 Å². The fraction of sp³-hybridized carbons (Fsp3) is 0.556. The van der Waals surface area contributed by atoms with E-state index in [9.17, 15) is 9.59 Å². The summed E-state index contributed by atoms with van der Waals surface area (Å²) >= 11 is 0. The second-order valence-corrected chi connectivity index (χ2v) is 3.05. The first-order valence-corrected chi connectivity index (χ1v) is 4.47. The third-order valence-electron chi connectivity index (χ3n) is 2.16. The normalized spacial score (nSPS) is 10.3. The Labute approximate surface area is 86.8 Å². The minimum absolute atomic E-state index is 0.196. The number of rotatable bonds is 4. The van der Waals surface area contributed by atoms with Gasteiger partial charge in [0.15, 0.2) is 0 Å². The molecule has 0 atom stereocenters. The molecular weight excluding hydrogens is 200 g/mol. The zero-order valence-corrected chi connectivity index (χ0v) is 8.99. The fourth-order valence-corrected chi connectivity index (χ4v) is 1.32. The Morgan fingerprint density at radius 2 is 2.13 bits per heavy atom. The maximum atomic E-state index is 11.3. The molecule has 0 unspecified atom stereocenters. The molecule has 1 aromatic rings. The van der Waals surface area contributed by atoms with E-state index in [-0.39, 0.29) is 11.4 Å². The fourth-order valence-electron chi connectivity index (χ4n) is 1.32. The molecule has 0 aromatic carbocycles. The van der Waals surface area contributed by atoms with E-state index in [0.29, 0.717) is 18.7 Å². The second-order valence-electron chi connectivity index (χ2n) is 3.05. The largest absolute Gasteiger partial charge is 0.464 e. The molecule has 0 saturated heterocycles. The van der Waals surface area contributed by atoms with E-state index in [0.717, 1.165) is 0 Å². The number of hydrogen-bond donors (Lipinski definition) is 1. The second kappa shape index (κ2) is 4.79. The van der Waals surface area contributed by atoms with Gasteiger partial charge in [0.25, 0.3) is 0 Å². The van der Waals surface area contributed by atoms with Crippen molar-refractivity contribution >= 4 is 5.97 Å². The Morgan fingerprint density at radius 3 is 2.67 bits per heavy atom. The molecule has 1 aromatic heterocycles. The van der Waals surface area contributed by atoms with Crippen molar-refractivity contribution in [3.05, 3.63) is 21.9 Å². The molecular formula is C9H14N2O4. The smallest absolute Gasteiger partial charge is 0.356 e. The summed E-state index contributed by atoms with van der Waals surface area (Å²) in [5.74, 6) is -0.543. The van der Waals surface area contributed by atoms with Gasteiger partial charge in [-0.1, -0.05) is 0 Å². The van der Waals surface area contributed by atoms with Crippen LogP contribution >= 0.6 is 0 Å². The number of H-pyrrole nitrogens is 1. The van der Waals surface area contributed by atoms with Gasteiger partial charge in [-0.15, -0.1) is 0 Å². The summed E-state index contributed by atoms with van der Waals surface area (Å²) in [7, 11) is 4.42. The van der Waals surface area contributed by atoms with Crippen molar-refractivity contribution in [2.45, 2.75) is 6.42 Å². The minimum atomic E-state index is -0.543. The highest BCUT2D eigenvalue weighted by molar-refractivity contribution is 5.88. The highest BCUT2D eigenvalue weighted by atomic mass is 16.5. The van der Waals surface area contributed by atoms with Gasteiger partial charge in [0, 0.05) is 20.6 Å². The van der Waals surface area contributed by atoms with Crippen LogP contribution in [-0.2, 0) is 22.9 Å². The highest BCUT2D eigenvalue weighted by Crippen LogP contribution is 2.05. The number of ether oxygens (including phenoxy) is 2. The van der Waals surface area contributed by atoms with Crippen LogP contribution in [0.2, 0.25) is 0 Å².